The molecule has 4 rings (SSSR count). The minimum absolute atomic E-state index is 0.387. The van der Waals surface area contributed by atoms with Crippen LogP contribution in [0, 0.1) is 0 Å². The van der Waals surface area contributed by atoms with Crippen molar-refractivity contribution in [3.05, 3.63) is 95.0 Å². The van der Waals surface area contributed by atoms with E-state index in [0.717, 1.165) is 15.9 Å². The Morgan fingerprint density at radius 3 is 2.00 bits per heavy atom. The average molecular weight is 573 g/mol. The SMILES string of the molecule is COC1(c2ccc(Cl)c(CCC(C)(C)[Si](O)(c3ccccc3)c3ccccc3)c2)O[C@H](CO)[C@@H](O)[C@H](O)[C@H]1O. The fourth-order valence-electron chi connectivity index (χ4n) is 5.58. The summed E-state index contributed by atoms with van der Waals surface area (Å²) >= 11 is 6.62. The third kappa shape index (κ3) is 5.34. The third-order valence-electron chi connectivity index (χ3n) is 8.08. The van der Waals surface area contributed by atoms with Gasteiger partial charge in [0.05, 0.1) is 6.61 Å². The first-order valence-corrected chi connectivity index (χ1v) is 15.3. The maximum Gasteiger partial charge on any atom is 0.258 e. The zero-order valence-corrected chi connectivity index (χ0v) is 24.1. The number of rotatable bonds is 9. The molecule has 39 heavy (non-hydrogen) atoms. The van der Waals surface area contributed by atoms with E-state index in [1.807, 2.05) is 60.7 Å². The monoisotopic (exact) mass is 572 g/mol. The first-order valence-electron chi connectivity index (χ1n) is 13.0. The Hall–Kier alpha value is -2.11. The van der Waals surface area contributed by atoms with E-state index in [4.69, 9.17) is 21.1 Å². The average Bonchev–Trinajstić information content (AvgIpc) is 2.96. The van der Waals surface area contributed by atoms with E-state index in [-0.39, 0.29) is 0 Å². The molecule has 0 saturated carbocycles. The number of methoxy groups -OCH3 is 1. The molecule has 1 aliphatic rings. The predicted octanol–water partition coefficient (Wildman–Crippen LogP) is 2.08. The second-order valence-corrected chi connectivity index (χ2v) is 15.1. The van der Waals surface area contributed by atoms with Crippen molar-refractivity contribution in [3.8, 4) is 0 Å². The van der Waals surface area contributed by atoms with Gasteiger partial charge in [0.25, 0.3) is 8.32 Å². The highest BCUT2D eigenvalue weighted by Crippen LogP contribution is 2.43. The molecule has 7 nitrogen and oxygen atoms in total. The normalized spacial score (nSPS) is 26.0. The third-order valence-corrected chi connectivity index (χ3v) is 13.0. The molecule has 0 spiro atoms. The van der Waals surface area contributed by atoms with E-state index < -0.39 is 50.2 Å². The van der Waals surface area contributed by atoms with Crippen molar-refractivity contribution in [2.45, 2.75) is 61.9 Å². The molecule has 0 aliphatic carbocycles. The lowest BCUT2D eigenvalue weighted by Crippen LogP contribution is -2.65. The molecule has 210 valence electrons. The minimum atomic E-state index is -3.23. The van der Waals surface area contributed by atoms with Crippen molar-refractivity contribution in [2.75, 3.05) is 13.7 Å². The van der Waals surface area contributed by atoms with Crippen LogP contribution in [-0.4, -0.2) is 71.7 Å². The van der Waals surface area contributed by atoms with Crippen LogP contribution in [-0.2, 0) is 21.7 Å². The number of ether oxygens (including phenoxy) is 2. The summed E-state index contributed by atoms with van der Waals surface area (Å²) in [4.78, 5) is 12.5. The predicted molar refractivity (Wildman–Crippen MR) is 153 cm³/mol. The Balaban J connectivity index is 1.69. The van der Waals surface area contributed by atoms with Crippen LogP contribution in [0.25, 0.3) is 0 Å². The molecule has 5 atom stereocenters. The largest absolute Gasteiger partial charge is 0.424 e. The van der Waals surface area contributed by atoms with Crippen LogP contribution < -0.4 is 10.4 Å². The summed E-state index contributed by atoms with van der Waals surface area (Å²) < 4.78 is 11.5. The molecule has 0 aromatic heterocycles. The first kappa shape index (κ1) is 29.9. The lowest BCUT2D eigenvalue weighted by molar-refractivity contribution is -0.366. The number of aryl methyl sites for hydroxylation is 1. The quantitative estimate of drug-likeness (QED) is 0.249. The van der Waals surface area contributed by atoms with Crippen molar-refractivity contribution < 1.29 is 34.7 Å². The van der Waals surface area contributed by atoms with E-state index in [0.29, 0.717) is 23.4 Å². The highest BCUT2D eigenvalue weighted by atomic mass is 35.5. The van der Waals surface area contributed by atoms with E-state index in [1.54, 1.807) is 18.2 Å². The van der Waals surface area contributed by atoms with Crippen molar-refractivity contribution in [2.24, 2.45) is 0 Å². The molecule has 0 radical (unpaired) electrons. The first-order chi connectivity index (χ1) is 18.5. The van der Waals surface area contributed by atoms with Crippen LogP contribution >= 0.6 is 11.6 Å². The summed E-state index contributed by atoms with van der Waals surface area (Å²) in [5, 5.41) is 43.1. The number of aliphatic hydroxyl groups excluding tert-OH is 4. The minimum Gasteiger partial charge on any atom is -0.424 e. The fourth-order valence-corrected chi connectivity index (χ4v) is 9.53. The van der Waals surface area contributed by atoms with Gasteiger partial charge in [-0.2, -0.15) is 0 Å². The van der Waals surface area contributed by atoms with Crippen LogP contribution in [0.15, 0.2) is 78.9 Å². The Kier molecular flexibility index (Phi) is 9.02. The smallest absolute Gasteiger partial charge is 0.258 e. The molecular formula is C30H37ClO7Si. The van der Waals surface area contributed by atoms with E-state index >= 15 is 0 Å². The van der Waals surface area contributed by atoms with Gasteiger partial charge in [0, 0.05) is 17.7 Å². The summed E-state index contributed by atoms with van der Waals surface area (Å²) in [6.07, 6.45) is -4.80. The van der Waals surface area contributed by atoms with Gasteiger partial charge in [-0.25, -0.2) is 0 Å². The van der Waals surface area contributed by atoms with E-state index in [9.17, 15) is 25.2 Å². The molecule has 0 amide bonds. The molecule has 1 fully saturated rings. The van der Waals surface area contributed by atoms with Gasteiger partial charge in [-0.3, -0.25) is 0 Å². The van der Waals surface area contributed by atoms with Crippen LogP contribution in [0.1, 0.15) is 31.4 Å². The number of benzene rings is 3. The van der Waals surface area contributed by atoms with Crippen molar-refractivity contribution in [1.82, 2.24) is 0 Å². The van der Waals surface area contributed by atoms with Gasteiger partial charge < -0.3 is 34.7 Å². The van der Waals surface area contributed by atoms with Gasteiger partial charge in [0.2, 0.25) is 5.79 Å². The van der Waals surface area contributed by atoms with Gasteiger partial charge in [-0.1, -0.05) is 92.2 Å². The van der Waals surface area contributed by atoms with Crippen LogP contribution in [0.5, 0.6) is 0 Å². The molecule has 1 saturated heterocycles. The lowest BCUT2D eigenvalue weighted by Gasteiger charge is -2.47. The molecule has 5 N–H and O–H groups in total. The van der Waals surface area contributed by atoms with Gasteiger partial charge in [-0.05, 0) is 45.9 Å². The lowest BCUT2D eigenvalue weighted by atomic mass is 9.87. The number of halogens is 1. The number of hydrogen-bond acceptors (Lipinski definition) is 7. The number of hydrogen-bond donors (Lipinski definition) is 5. The Labute approximate surface area is 235 Å². The van der Waals surface area contributed by atoms with Crippen LogP contribution in [0.2, 0.25) is 10.1 Å². The topological polar surface area (TPSA) is 120 Å². The van der Waals surface area contributed by atoms with Gasteiger partial charge >= 0.3 is 0 Å². The zero-order valence-electron chi connectivity index (χ0n) is 22.4. The van der Waals surface area contributed by atoms with Crippen molar-refractivity contribution in [3.63, 3.8) is 0 Å². The standard InChI is InChI=1S/C30H37ClO7Si/c1-29(2,39(36,22-10-6-4-7-11-22)23-12-8-5-9-13-23)17-16-20-18-21(14-15-24(20)31)30(37-3)28(35)27(34)26(33)25(19-32)38-30/h4-15,18,25-28,32-36H,16-17,19H2,1-3H3/t25-,26-,27+,28-,30?/m1/s1. The molecule has 9 heteroatoms. The number of aliphatic hydroxyl groups is 4. The highest BCUT2D eigenvalue weighted by molar-refractivity contribution is 6.98. The molecule has 0 bridgehead atoms. The van der Waals surface area contributed by atoms with Crippen molar-refractivity contribution >= 4 is 30.3 Å². The fraction of sp³-hybridized carbons (Fsp3) is 0.400. The molecule has 1 heterocycles. The van der Waals surface area contributed by atoms with Crippen molar-refractivity contribution in [1.29, 1.82) is 0 Å². The Bertz CT molecular complexity index is 1200. The van der Waals surface area contributed by atoms with Crippen LogP contribution in [0.4, 0.5) is 0 Å². The summed E-state index contributed by atoms with van der Waals surface area (Å²) in [5.41, 5.74) is 1.13. The molecular weight excluding hydrogens is 536 g/mol. The maximum atomic E-state index is 12.5. The summed E-state index contributed by atoms with van der Waals surface area (Å²) in [5.74, 6) is -1.83. The molecule has 3 aromatic carbocycles. The summed E-state index contributed by atoms with van der Waals surface area (Å²) in [6, 6.07) is 24.6. The molecule has 1 aliphatic heterocycles. The van der Waals surface area contributed by atoms with E-state index in [2.05, 4.69) is 13.8 Å². The Morgan fingerprint density at radius 2 is 1.49 bits per heavy atom. The second kappa shape index (κ2) is 11.8. The summed E-state index contributed by atoms with van der Waals surface area (Å²) in [6.45, 7) is 3.57. The Morgan fingerprint density at radius 1 is 0.923 bits per heavy atom. The second-order valence-electron chi connectivity index (χ2n) is 10.8. The summed E-state index contributed by atoms with van der Waals surface area (Å²) in [7, 11) is -1.91. The van der Waals surface area contributed by atoms with Gasteiger partial charge in [0.15, 0.2) is 0 Å². The maximum absolute atomic E-state index is 12.5. The van der Waals surface area contributed by atoms with Gasteiger partial charge in [0.1, 0.15) is 24.4 Å². The molecule has 3 aromatic rings. The van der Waals surface area contributed by atoms with E-state index in [1.165, 1.54) is 7.11 Å². The van der Waals surface area contributed by atoms with Crippen LogP contribution in [0.3, 0.4) is 0 Å². The zero-order chi connectivity index (χ0) is 28.4. The van der Waals surface area contributed by atoms with Gasteiger partial charge in [-0.15, -0.1) is 0 Å². The molecule has 1 unspecified atom stereocenters. The highest BCUT2D eigenvalue weighted by Gasteiger charge is 2.55.